The Bertz CT molecular complexity index is 499. The lowest BCUT2D eigenvalue weighted by Crippen LogP contribution is -2.22. The monoisotopic (exact) mass is 391 g/mol. The van der Waals surface area contributed by atoms with E-state index in [9.17, 15) is 0 Å². The minimum Gasteiger partial charge on any atom is -0.310 e. The van der Waals surface area contributed by atoms with Crippen molar-refractivity contribution in [1.82, 2.24) is 5.32 Å². The number of thiophene rings is 1. The molecule has 0 aliphatic heterocycles. The third-order valence-corrected chi connectivity index (χ3v) is 5.12. The zero-order valence-corrected chi connectivity index (χ0v) is 13.8. The molecule has 1 heterocycles. The highest BCUT2D eigenvalue weighted by Crippen LogP contribution is 2.25. The van der Waals surface area contributed by atoms with Gasteiger partial charge in [0.05, 0.1) is 5.02 Å². The number of halogens is 2. The minimum atomic E-state index is 0.332. The SMILES string of the molecule is CCNC(Cc1ccsc1)c1ccc(I)c(Cl)c1. The Kier molecular flexibility index (Phi) is 5.48. The molecule has 2 rings (SSSR count). The van der Waals surface area contributed by atoms with Gasteiger partial charge < -0.3 is 5.32 Å². The maximum absolute atomic E-state index is 6.21. The molecule has 0 aliphatic carbocycles. The van der Waals surface area contributed by atoms with Gasteiger partial charge in [-0.1, -0.05) is 24.6 Å². The molecule has 0 fully saturated rings. The van der Waals surface area contributed by atoms with Crippen molar-refractivity contribution in [3.8, 4) is 0 Å². The van der Waals surface area contributed by atoms with Gasteiger partial charge in [-0.3, -0.25) is 0 Å². The molecule has 1 unspecified atom stereocenters. The summed E-state index contributed by atoms with van der Waals surface area (Å²) in [5, 5.41) is 8.69. The molecule has 0 aliphatic rings. The van der Waals surface area contributed by atoms with Gasteiger partial charge in [-0.25, -0.2) is 0 Å². The van der Waals surface area contributed by atoms with Crippen molar-refractivity contribution in [2.24, 2.45) is 0 Å². The highest BCUT2D eigenvalue weighted by Gasteiger charge is 2.12. The lowest BCUT2D eigenvalue weighted by Gasteiger charge is -2.18. The lowest BCUT2D eigenvalue weighted by molar-refractivity contribution is 0.550. The summed E-state index contributed by atoms with van der Waals surface area (Å²) in [7, 11) is 0. The van der Waals surface area contributed by atoms with E-state index in [4.69, 9.17) is 11.6 Å². The summed E-state index contributed by atoms with van der Waals surface area (Å²) in [6, 6.07) is 8.83. The highest BCUT2D eigenvalue weighted by molar-refractivity contribution is 14.1. The molecule has 1 atom stereocenters. The molecule has 1 N–H and O–H groups in total. The molecular formula is C14H15ClINS. The predicted octanol–water partition coefficient (Wildman–Crippen LogP) is 4.90. The normalized spacial score (nSPS) is 12.6. The van der Waals surface area contributed by atoms with Crippen molar-refractivity contribution < 1.29 is 0 Å². The van der Waals surface area contributed by atoms with Gasteiger partial charge in [-0.15, -0.1) is 0 Å². The molecule has 0 bridgehead atoms. The largest absolute Gasteiger partial charge is 0.310 e. The van der Waals surface area contributed by atoms with Crippen LogP contribution in [0.1, 0.15) is 24.1 Å². The van der Waals surface area contributed by atoms with E-state index < -0.39 is 0 Å². The van der Waals surface area contributed by atoms with Gasteiger partial charge in [-0.05, 0) is 75.6 Å². The van der Waals surface area contributed by atoms with Crippen molar-refractivity contribution in [3.63, 3.8) is 0 Å². The van der Waals surface area contributed by atoms with Crippen LogP contribution in [0.4, 0.5) is 0 Å². The molecule has 2 aromatic rings. The number of hydrogen-bond donors (Lipinski definition) is 1. The van der Waals surface area contributed by atoms with Crippen molar-refractivity contribution in [2.45, 2.75) is 19.4 Å². The smallest absolute Gasteiger partial charge is 0.0542 e. The molecule has 0 spiro atoms. The Balaban J connectivity index is 2.20. The Hall–Kier alpha value is -0.100. The molecule has 18 heavy (non-hydrogen) atoms. The van der Waals surface area contributed by atoms with Gasteiger partial charge in [0.15, 0.2) is 0 Å². The quantitative estimate of drug-likeness (QED) is 0.715. The molecule has 1 aromatic heterocycles. The fourth-order valence-corrected chi connectivity index (χ4v) is 3.13. The molecule has 4 heteroatoms. The van der Waals surface area contributed by atoms with E-state index in [0.717, 1.165) is 21.6 Å². The van der Waals surface area contributed by atoms with Gasteiger partial charge in [0.1, 0.15) is 0 Å². The lowest BCUT2D eigenvalue weighted by atomic mass is 10.0. The van der Waals surface area contributed by atoms with Crippen molar-refractivity contribution in [1.29, 1.82) is 0 Å². The van der Waals surface area contributed by atoms with E-state index >= 15 is 0 Å². The fourth-order valence-electron chi connectivity index (χ4n) is 1.93. The van der Waals surface area contributed by atoms with Crippen LogP contribution in [0.25, 0.3) is 0 Å². The van der Waals surface area contributed by atoms with Crippen LogP contribution in [-0.4, -0.2) is 6.54 Å². The Morgan fingerprint density at radius 1 is 1.39 bits per heavy atom. The van der Waals surface area contributed by atoms with Crippen LogP contribution in [0.2, 0.25) is 5.02 Å². The maximum atomic E-state index is 6.21. The van der Waals surface area contributed by atoms with Crippen LogP contribution in [0, 0.1) is 3.57 Å². The average Bonchev–Trinajstić information content (AvgIpc) is 2.85. The maximum Gasteiger partial charge on any atom is 0.0542 e. The van der Waals surface area contributed by atoms with Crippen LogP contribution in [0.15, 0.2) is 35.0 Å². The van der Waals surface area contributed by atoms with E-state index in [1.54, 1.807) is 11.3 Å². The second-order valence-corrected chi connectivity index (χ2v) is 6.47. The molecule has 0 amide bonds. The van der Waals surface area contributed by atoms with Crippen LogP contribution in [0.3, 0.4) is 0 Å². The Morgan fingerprint density at radius 3 is 2.83 bits per heavy atom. The summed E-state index contributed by atoms with van der Waals surface area (Å²) in [6.07, 6.45) is 1.01. The highest BCUT2D eigenvalue weighted by atomic mass is 127. The van der Waals surface area contributed by atoms with Gasteiger partial charge in [0, 0.05) is 9.61 Å². The van der Waals surface area contributed by atoms with Gasteiger partial charge in [0.2, 0.25) is 0 Å². The van der Waals surface area contributed by atoms with E-state index in [1.165, 1.54) is 11.1 Å². The van der Waals surface area contributed by atoms with Crippen LogP contribution >= 0.6 is 45.5 Å². The number of nitrogens with one attached hydrogen (secondary N) is 1. The summed E-state index contributed by atoms with van der Waals surface area (Å²) in [5.74, 6) is 0. The second-order valence-electron chi connectivity index (χ2n) is 4.12. The molecule has 96 valence electrons. The van der Waals surface area contributed by atoms with Crippen LogP contribution in [-0.2, 0) is 6.42 Å². The van der Waals surface area contributed by atoms with E-state index in [-0.39, 0.29) is 0 Å². The van der Waals surface area contributed by atoms with E-state index in [1.807, 2.05) is 0 Å². The van der Waals surface area contributed by atoms with Gasteiger partial charge in [0.25, 0.3) is 0 Å². The first kappa shape index (κ1) is 14.3. The zero-order valence-electron chi connectivity index (χ0n) is 10.1. The van der Waals surface area contributed by atoms with Crippen molar-refractivity contribution >= 4 is 45.5 Å². The Labute approximate surface area is 131 Å². The molecular weight excluding hydrogens is 377 g/mol. The molecule has 1 nitrogen and oxygen atoms in total. The van der Waals surface area contributed by atoms with Gasteiger partial charge in [-0.2, -0.15) is 11.3 Å². The zero-order chi connectivity index (χ0) is 13.0. The first-order chi connectivity index (χ1) is 8.70. The van der Waals surface area contributed by atoms with Crippen LogP contribution < -0.4 is 5.32 Å². The fraction of sp³-hybridized carbons (Fsp3) is 0.286. The number of benzene rings is 1. The molecule has 0 radical (unpaired) electrons. The summed E-state index contributed by atoms with van der Waals surface area (Å²) >= 11 is 10.2. The van der Waals surface area contributed by atoms with Crippen molar-refractivity contribution in [2.75, 3.05) is 6.54 Å². The van der Waals surface area contributed by atoms with Gasteiger partial charge >= 0.3 is 0 Å². The van der Waals surface area contributed by atoms with Crippen molar-refractivity contribution in [3.05, 3.63) is 54.7 Å². The van der Waals surface area contributed by atoms with E-state index in [0.29, 0.717) is 6.04 Å². The third-order valence-electron chi connectivity index (χ3n) is 2.82. The third kappa shape index (κ3) is 3.70. The predicted molar refractivity (Wildman–Crippen MR) is 88.6 cm³/mol. The van der Waals surface area contributed by atoms with E-state index in [2.05, 4.69) is 69.9 Å². The van der Waals surface area contributed by atoms with Crippen LogP contribution in [0.5, 0.6) is 0 Å². The first-order valence-electron chi connectivity index (χ1n) is 5.90. The summed E-state index contributed by atoms with van der Waals surface area (Å²) in [6.45, 7) is 3.09. The topological polar surface area (TPSA) is 12.0 Å². The molecule has 0 saturated carbocycles. The first-order valence-corrected chi connectivity index (χ1v) is 8.30. The minimum absolute atomic E-state index is 0.332. The second kappa shape index (κ2) is 6.89. The standard InChI is InChI=1S/C14H15ClINS/c1-2-17-14(7-10-5-6-18-9-10)11-3-4-13(16)12(15)8-11/h3-6,8-9,14,17H,2,7H2,1H3. The summed E-state index contributed by atoms with van der Waals surface area (Å²) < 4.78 is 1.10. The molecule has 0 saturated heterocycles. The number of rotatable bonds is 5. The Morgan fingerprint density at radius 2 is 2.22 bits per heavy atom. The summed E-state index contributed by atoms with van der Waals surface area (Å²) in [5.41, 5.74) is 2.63. The summed E-state index contributed by atoms with van der Waals surface area (Å²) in [4.78, 5) is 0. The molecule has 1 aromatic carbocycles. The number of likely N-dealkylation sites (N-methyl/N-ethyl adjacent to an activating group) is 1. The average molecular weight is 392 g/mol. The number of hydrogen-bond acceptors (Lipinski definition) is 2.